The number of nitrogen functional groups attached to an aromatic ring is 1. The van der Waals surface area contributed by atoms with Crippen molar-refractivity contribution in [3.63, 3.8) is 0 Å². The van der Waals surface area contributed by atoms with Crippen molar-refractivity contribution in [3.8, 4) is 0 Å². The molecule has 1 aliphatic rings. The maximum atomic E-state index is 11.6. The number of nitrogens with two attached hydrogens (primary N) is 1. The SMILES string of the molecule is NNC(=O)c1cccc(CN2C(=O)COCC2=O)c1. The molecular formula is C12H13N3O4. The largest absolute Gasteiger partial charge is 0.362 e. The minimum Gasteiger partial charge on any atom is -0.362 e. The second kappa shape index (κ2) is 5.59. The third-order valence-electron chi connectivity index (χ3n) is 2.71. The van der Waals surface area contributed by atoms with E-state index in [0.29, 0.717) is 11.1 Å². The Morgan fingerprint density at radius 2 is 2.00 bits per heavy atom. The summed E-state index contributed by atoms with van der Waals surface area (Å²) in [6, 6.07) is 6.56. The molecule has 7 heteroatoms. The molecule has 1 aliphatic heterocycles. The standard InChI is InChI=1S/C12H13N3O4/c13-14-12(18)9-3-1-2-8(4-9)5-15-10(16)6-19-7-11(15)17/h1-4H,5-7,13H2,(H,14,18). The first-order chi connectivity index (χ1) is 9.11. The number of amides is 3. The van der Waals surface area contributed by atoms with Gasteiger partial charge in [0.05, 0.1) is 6.54 Å². The third-order valence-corrected chi connectivity index (χ3v) is 2.71. The van der Waals surface area contributed by atoms with Crippen LogP contribution in [0.25, 0.3) is 0 Å². The van der Waals surface area contributed by atoms with Gasteiger partial charge in [-0.2, -0.15) is 0 Å². The zero-order valence-electron chi connectivity index (χ0n) is 10.1. The summed E-state index contributed by atoms with van der Waals surface area (Å²) in [5, 5.41) is 0. The molecule has 0 atom stereocenters. The highest BCUT2D eigenvalue weighted by Gasteiger charge is 2.26. The average Bonchev–Trinajstić information content (AvgIpc) is 2.42. The molecule has 2 rings (SSSR count). The molecule has 100 valence electrons. The summed E-state index contributed by atoms with van der Waals surface area (Å²) in [6.07, 6.45) is 0. The number of nitrogens with one attached hydrogen (secondary N) is 1. The van der Waals surface area contributed by atoms with Crippen molar-refractivity contribution in [2.45, 2.75) is 6.54 Å². The van der Waals surface area contributed by atoms with Gasteiger partial charge in [0, 0.05) is 5.56 Å². The molecule has 1 fully saturated rings. The lowest BCUT2D eigenvalue weighted by atomic mass is 10.1. The average molecular weight is 263 g/mol. The number of nitrogens with zero attached hydrogens (tertiary/aromatic N) is 1. The number of carbonyl (C=O) groups is 3. The molecule has 0 unspecified atom stereocenters. The van der Waals surface area contributed by atoms with Gasteiger partial charge in [0.15, 0.2) is 0 Å². The third kappa shape index (κ3) is 2.95. The molecule has 1 aromatic rings. The van der Waals surface area contributed by atoms with Crippen molar-refractivity contribution < 1.29 is 19.1 Å². The predicted octanol–water partition coefficient (Wildman–Crippen LogP) is -0.825. The molecular weight excluding hydrogens is 250 g/mol. The van der Waals surface area contributed by atoms with Crippen molar-refractivity contribution in [2.75, 3.05) is 13.2 Å². The Kier molecular flexibility index (Phi) is 3.88. The highest BCUT2D eigenvalue weighted by molar-refractivity contribution is 5.98. The molecule has 0 spiro atoms. The molecule has 0 aromatic heterocycles. The summed E-state index contributed by atoms with van der Waals surface area (Å²) in [6.45, 7) is -0.0872. The summed E-state index contributed by atoms with van der Waals surface area (Å²) < 4.78 is 4.82. The second-order valence-electron chi connectivity index (χ2n) is 4.04. The van der Waals surface area contributed by atoms with Gasteiger partial charge < -0.3 is 4.74 Å². The monoisotopic (exact) mass is 263 g/mol. The lowest BCUT2D eigenvalue weighted by molar-refractivity contribution is -0.159. The second-order valence-corrected chi connectivity index (χ2v) is 4.04. The lowest BCUT2D eigenvalue weighted by Crippen LogP contribution is -2.45. The highest BCUT2D eigenvalue weighted by atomic mass is 16.5. The zero-order chi connectivity index (χ0) is 13.8. The minimum atomic E-state index is -0.429. The fourth-order valence-corrected chi connectivity index (χ4v) is 1.77. The Hall–Kier alpha value is -2.25. The molecule has 0 saturated carbocycles. The summed E-state index contributed by atoms with van der Waals surface area (Å²) in [4.78, 5) is 35.6. The molecule has 19 heavy (non-hydrogen) atoms. The highest BCUT2D eigenvalue weighted by Crippen LogP contribution is 2.11. The maximum absolute atomic E-state index is 11.6. The molecule has 0 aliphatic carbocycles. The van der Waals surface area contributed by atoms with E-state index in [0.717, 1.165) is 4.90 Å². The van der Waals surface area contributed by atoms with E-state index in [1.54, 1.807) is 24.3 Å². The molecule has 1 saturated heterocycles. The Morgan fingerprint density at radius 1 is 1.32 bits per heavy atom. The van der Waals surface area contributed by atoms with Crippen LogP contribution in [0.15, 0.2) is 24.3 Å². The summed E-state index contributed by atoms with van der Waals surface area (Å²) in [5.41, 5.74) is 3.06. The minimum absolute atomic E-state index is 0.102. The topological polar surface area (TPSA) is 102 Å². The normalized spacial score (nSPS) is 15.5. The van der Waals surface area contributed by atoms with Crippen LogP contribution in [-0.2, 0) is 20.9 Å². The Balaban J connectivity index is 2.16. The number of morpholine rings is 1. The van der Waals surface area contributed by atoms with E-state index in [2.05, 4.69) is 0 Å². The van der Waals surface area contributed by atoms with Gasteiger partial charge in [-0.05, 0) is 17.7 Å². The van der Waals surface area contributed by atoms with Crippen molar-refractivity contribution in [1.82, 2.24) is 10.3 Å². The lowest BCUT2D eigenvalue weighted by Gasteiger charge is -2.25. The van der Waals surface area contributed by atoms with E-state index in [-0.39, 0.29) is 31.6 Å². The number of ether oxygens (including phenoxy) is 1. The van der Waals surface area contributed by atoms with Crippen molar-refractivity contribution in [3.05, 3.63) is 35.4 Å². The van der Waals surface area contributed by atoms with Crippen LogP contribution in [0.3, 0.4) is 0 Å². The number of hydrogen-bond acceptors (Lipinski definition) is 5. The summed E-state index contributed by atoms with van der Waals surface area (Å²) >= 11 is 0. The molecule has 0 radical (unpaired) electrons. The fourth-order valence-electron chi connectivity index (χ4n) is 1.77. The predicted molar refractivity (Wildman–Crippen MR) is 64.5 cm³/mol. The van der Waals surface area contributed by atoms with E-state index in [9.17, 15) is 14.4 Å². The van der Waals surface area contributed by atoms with E-state index < -0.39 is 5.91 Å². The molecule has 1 heterocycles. The molecule has 0 bridgehead atoms. The van der Waals surface area contributed by atoms with E-state index in [1.807, 2.05) is 5.43 Å². The number of rotatable bonds is 3. The van der Waals surface area contributed by atoms with Crippen LogP contribution >= 0.6 is 0 Å². The number of imide groups is 1. The van der Waals surface area contributed by atoms with Gasteiger partial charge in [-0.15, -0.1) is 0 Å². The van der Waals surface area contributed by atoms with Gasteiger partial charge in [0.1, 0.15) is 13.2 Å². The number of benzene rings is 1. The van der Waals surface area contributed by atoms with Crippen LogP contribution in [0.1, 0.15) is 15.9 Å². The summed E-state index contributed by atoms with van der Waals surface area (Å²) in [5.74, 6) is 3.85. The van der Waals surface area contributed by atoms with Crippen LogP contribution in [0, 0.1) is 0 Å². The van der Waals surface area contributed by atoms with Crippen molar-refractivity contribution in [2.24, 2.45) is 5.84 Å². The Bertz CT molecular complexity index is 513. The Labute approximate surface area is 109 Å². The van der Waals surface area contributed by atoms with Gasteiger partial charge in [0.2, 0.25) is 0 Å². The maximum Gasteiger partial charge on any atom is 0.265 e. The van der Waals surface area contributed by atoms with E-state index in [1.165, 1.54) is 0 Å². The van der Waals surface area contributed by atoms with Crippen LogP contribution in [0.5, 0.6) is 0 Å². The summed E-state index contributed by atoms with van der Waals surface area (Å²) in [7, 11) is 0. The van der Waals surface area contributed by atoms with Crippen LogP contribution in [0.2, 0.25) is 0 Å². The van der Waals surface area contributed by atoms with Crippen molar-refractivity contribution in [1.29, 1.82) is 0 Å². The molecule has 3 amide bonds. The van der Waals surface area contributed by atoms with Gasteiger partial charge >= 0.3 is 0 Å². The van der Waals surface area contributed by atoms with Gasteiger partial charge in [-0.1, -0.05) is 12.1 Å². The van der Waals surface area contributed by atoms with Crippen molar-refractivity contribution >= 4 is 17.7 Å². The fraction of sp³-hybridized carbons (Fsp3) is 0.250. The number of carbonyl (C=O) groups excluding carboxylic acids is 3. The molecule has 3 N–H and O–H groups in total. The van der Waals surface area contributed by atoms with Crippen LogP contribution in [0.4, 0.5) is 0 Å². The smallest absolute Gasteiger partial charge is 0.265 e. The first kappa shape index (κ1) is 13.2. The molecule has 7 nitrogen and oxygen atoms in total. The Morgan fingerprint density at radius 3 is 2.63 bits per heavy atom. The number of hydrazine groups is 1. The van der Waals surface area contributed by atoms with Gasteiger partial charge in [-0.3, -0.25) is 24.7 Å². The van der Waals surface area contributed by atoms with Gasteiger partial charge in [-0.25, -0.2) is 5.84 Å². The number of hydrogen-bond donors (Lipinski definition) is 2. The van der Waals surface area contributed by atoms with Crippen LogP contribution in [-0.4, -0.2) is 35.8 Å². The van der Waals surface area contributed by atoms with E-state index in [4.69, 9.17) is 10.6 Å². The molecule has 1 aromatic carbocycles. The van der Waals surface area contributed by atoms with Gasteiger partial charge in [0.25, 0.3) is 17.7 Å². The quantitative estimate of drug-likeness (QED) is 0.321. The van der Waals surface area contributed by atoms with E-state index >= 15 is 0 Å². The van der Waals surface area contributed by atoms with Crippen LogP contribution < -0.4 is 11.3 Å². The first-order valence-corrected chi connectivity index (χ1v) is 5.62. The first-order valence-electron chi connectivity index (χ1n) is 5.62. The zero-order valence-corrected chi connectivity index (χ0v) is 10.1.